The van der Waals surface area contributed by atoms with Gasteiger partial charge in [-0.15, -0.1) is 0 Å². The molecule has 0 aromatic rings. The smallest absolute Gasteiger partial charge is 0.00450 e. The number of nitrogens with one attached hydrogen (secondary N) is 1. The summed E-state index contributed by atoms with van der Waals surface area (Å²) in [7, 11) is 0. The van der Waals surface area contributed by atoms with Crippen molar-refractivity contribution in [3.63, 3.8) is 0 Å². The fourth-order valence-electron chi connectivity index (χ4n) is 1.30. The minimum atomic E-state index is 0.508. The SMILES string of the molecule is CCNCC1CC(N)C1. The van der Waals surface area contributed by atoms with Crippen molar-refractivity contribution >= 4 is 0 Å². The van der Waals surface area contributed by atoms with E-state index in [0.717, 1.165) is 12.5 Å². The standard InChI is InChI=1S/C7H16N2/c1-2-9-5-6-3-7(8)4-6/h6-7,9H,2-5,8H2,1H3. The van der Waals surface area contributed by atoms with Crippen molar-refractivity contribution in [2.24, 2.45) is 11.7 Å². The molecule has 0 aromatic heterocycles. The van der Waals surface area contributed by atoms with Gasteiger partial charge in [-0.1, -0.05) is 6.92 Å². The van der Waals surface area contributed by atoms with E-state index in [-0.39, 0.29) is 0 Å². The fourth-order valence-corrected chi connectivity index (χ4v) is 1.30. The lowest BCUT2D eigenvalue weighted by Gasteiger charge is -2.32. The first-order valence-corrected chi connectivity index (χ1v) is 3.79. The van der Waals surface area contributed by atoms with Crippen LogP contribution in [0.1, 0.15) is 19.8 Å². The van der Waals surface area contributed by atoms with Gasteiger partial charge in [-0.3, -0.25) is 0 Å². The molecule has 0 amide bonds. The molecule has 1 aliphatic carbocycles. The van der Waals surface area contributed by atoms with Gasteiger partial charge in [0.05, 0.1) is 0 Å². The molecule has 2 heteroatoms. The average Bonchev–Trinajstić information content (AvgIpc) is 1.78. The highest BCUT2D eigenvalue weighted by atomic mass is 14.9. The third-order valence-corrected chi connectivity index (χ3v) is 1.96. The van der Waals surface area contributed by atoms with Crippen LogP contribution in [-0.4, -0.2) is 19.1 Å². The van der Waals surface area contributed by atoms with Crippen LogP contribution in [0.4, 0.5) is 0 Å². The third kappa shape index (κ3) is 1.95. The van der Waals surface area contributed by atoms with Crippen molar-refractivity contribution in [2.75, 3.05) is 13.1 Å². The Bertz CT molecular complexity index is 77.0. The van der Waals surface area contributed by atoms with Crippen molar-refractivity contribution < 1.29 is 0 Å². The molecule has 0 radical (unpaired) electrons. The normalized spacial score (nSPS) is 34.0. The second-order valence-electron chi connectivity index (χ2n) is 2.91. The van der Waals surface area contributed by atoms with Gasteiger partial charge in [0.2, 0.25) is 0 Å². The molecule has 0 aliphatic heterocycles. The van der Waals surface area contributed by atoms with E-state index in [2.05, 4.69) is 12.2 Å². The molecule has 0 spiro atoms. The summed E-state index contributed by atoms with van der Waals surface area (Å²) >= 11 is 0. The monoisotopic (exact) mass is 128 g/mol. The Labute approximate surface area is 56.8 Å². The average molecular weight is 128 g/mol. The maximum absolute atomic E-state index is 5.61. The van der Waals surface area contributed by atoms with E-state index in [0.29, 0.717) is 6.04 Å². The van der Waals surface area contributed by atoms with Crippen LogP contribution in [0.2, 0.25) is 0 Å². The lowest BCUT2D eigenvalue weighted by atomic mass is 9.81. The van der Waals surface area contributed by atoms with Crippen LogP contribution in [0.25, 0.3) is 0 Å². The summed E-state index contributed by atoms with van der Waals surface area (Å²) in [5.41, 5.74) is 5.61. The van der Waals surface area contributed by atoms with Crippen molar-refractivity contribution in [1.29, 1.82) is 0 Å². The highest BCUT2D eigenvalue weighted by Gasteiger charge is 2.24. The molecule has 0 heterocycles. The number of nitrogens with two attached hydrogens (primary N) is 1. The van der Waals surface area contributed by atoms with Gasteiger partial charge < -0.3 is 11.1 Å². The van der Waals surface area contributed by atoms with Crippen molar-refractivity contribution in [2.45, 2.75) is 25.8 Å². The number of hydrogen-bond acceptors (Lipinski definition) is 2. The first-order chi connectivity index (χ1) is 4.33. The van der Waals surface area contributed by atoms with Crippen LogP contribution >= 0.6 is 0 Å². The van der Waals surface area contributed by atoms with E-state index in [4.69, 9.17) is 5.73 Å². The first kappa shape index (κ1) is 7.03. The van der Waals surface area contributed by atoms with Crippen molar-refractivity contribution in [1.82, 2.24) is 5.32 Å². The van der Waals surface area contributed by atoms with Crippen LogP contribution in [-0.2, 0) is 0 Å². The predicted octanol–water partition coefficient (Wildman–Crippen LogP) is 0.333. The van der Waals surface area contributed by atoms with Crippen molar-refractivity contribution in [3.05, 3.63) is 0 Å². The van der Waals surface area contributed by atoms with Gasteiger partial charge >= 0.3 is 0 Å². The minimum absolute atomic E-state index is 0.508. The zero-order valence-electron chi connectivity index (χ0n) is 6.06. The van der Waals surface area contributed by atoms with Gasteiger partial charge in [-0.2, -0.15) is 0 Å². The molecule has 9 heavy (non-hydrogen) atoms. The minimum Gasteiger partial charge on any atom is -0.328 e. The molecule has 0 saturated heterocycles. The van der Waals surface area contributed by atoms with E-state index in [9.17, 15) is 0 Å². The van der Waals surface area contributed by atoms with Crippen LogP contribution in [0.15, 0.2) is 0 Å². The molecule has 1 rings (SSSR count). The molecule has 0 aromatic carbocycles. The molecule has 0 unspecified atom stereocenters. The highest BCUT2D eigenvalue weighted by molar-refractivity contribution is 4.82. The third-order valence-electron chi connectivity index (χ3n) is 1.96. The summed E-state index contributed by atoms with van der Waals surface area (Å²) in [6, 6.07) is 0.508. The van der Waals surface area contributed by atoms with E-state index in [1.165, 1.54) is 19.4 Å². The number of rotatable bonds is 3. The summed E-state index contributed by atoms with van der Waals surface area (Å²) in [5, 5.41) is 3.32. The fraction of sp³-hybridized carbons (Fsp3) is 1.00. The summed E-state index contributed by atoms with van der Waals surface area (Å²) in [4.78, 5) is 0. The molecular weight excluding hydrogens is 112 g/mol. The molecule has 2 nitrogen and oxygen atoms in total. The molecule has 1 aliphatic rings. The Balaban J connectivity index is 1.91. The molecular formula is C7H16N2. The maximum Gasteiger partial charge on any atom is 0.00450 e. The molecule has 0 atom stereocenters. The van der Waals surface area contributed by atoms with Gasteiger partial charge in [0.15, 0.2) is 0 Å². The zero-order chi connectivity index (χ0) is 6.69. The Kier molecular flexibility index (Phi) is 2.49. The first-order valence-electron chi connectivity index (χ1n) is 3.79. The Morgan fingerprint density at radius 2 is 2.22 bits per heavy atom. The quantitative estimate of drug-likeness (QED) is 0.575. The number of hydrogen-bond donors (Lipinski definition) is 2. The van der Waals surface area contributed by atoms with Crippen LogP contribution in [0.5, 0.6) is 0 Å². The topological polar surface area (TPSA) is 38.0 Å². The Hall–Kier alpha value is -0.0800. The van der Waals surface area contributed by atoms with Gasteiger partial charge in [-0.05, 0) is 31.8 Å². The van der Waals surface area contributed by atoms with Gasteiger partial charge in [0.25, 0.3) is 0 Å². The molecule has 54 valence electrons. The van der Waals surface area contributed by atoms with E-state index < -0.39 is 0 Å². The predicted molar refractivity (Wildman–Crippen MR) is 39.2 cm³/mol. The highest BCUT2D eigenvalue weighted by Crippen LogP contribution is 2.24. The lowest BCUT2D eigenvalue weighted by molar-refractivity contribution is 0.258. The van der Waals surface area contributed by atoms with Gasteiger partial charge in [-0.25, -0.2) is 0 Å². The second kappa shape index (κ2) is 3.18. The van der Waals surface area contributed by atoms with E-state index in [1.54, 1.807) is 0 Å². The lowest BCUT2D eigenvalue weighted by Crippen LogP contribution is -2.41. The second-order valence-corrected chi connectivity index (χ2v) is 2.91. The largest absolute Gasteiger partial charge is 0.328 e. The van der Waals surface area contributed by atoms with Crippen LogP contribution in [0.3, 0.4) is 0 Å². The van der Waals surface area contributed by atoms with E-state index in [1.807, 2.05) is 0 Å². The van der Waals surface area contributed by atoms with Gasteiger partial charge in [0.1, 0.15) is 0 Å². The summed E-state index contributed by atoms with van der Waals surface area (Å²) < 4.78 is 0. The molecule has 3 N–H and O–H groups in total. The Morgan fingerprint density at radius 1 is 1.56 bits per heavy atom. The summed E-state index contributed by atoms with van der Waals surface area (Å²) in [6.07, 6.45) is 2.46. The van der Waals surface area contributed by atoms with E-state index >= 15 is 0 Å². The summed E-state index contributed by atoms with van der Waals surface area (Å²) in [5.74, 6) is 0.875. The molecule has 0 bridgehead atoms. The van der Waals surface area contributed by atoms with Gasteiger partial charge in [0, 0.05) is 6.04 Å². The van der Waals surface area contributed by atoms with Crippen LogP contribution in [0, 0.1) is 5.92 Å². The van der Waals surface area contributed by atoms with Crippen LogP contribution < -0.4 is 11.1 Å². The molecule has 1 saturated carbocycles. The molecule has 1 fully saturated rings. The summed E-state index contributed by atoms with van der Waals surface area (Å²) in [6.45, 7) is 4.40. The van der Waals surface area contributed by atoms with Crippen molar-refractivity contribution in [3.8, 4) is 0 Å². The maximum atomic E-state index is 5.61. The Morgan fingerprint density at radius 3 is 2.67 bits per heavy atom. The zero-order valence-corrected chi connectivity index (χ0v) is 6.06.